The molecule has 1 atom stereocenters. The molecule has 0 saturated heterocycles. The fourth-order valence-electron chi connectivity index (χ4n) is 2.66. The molecule has 2 N–H and O–H groups in total. The molecule has 7 nitrogen and oxygen atoms in total. The van der Waals surface area contributed by atoms with Gasteiger partial charge in [0, 0.05) is 5.69 Å². The molecule has 1 unspecified atom stereocenters. The predicted molar refractivity (Wildman–Crippen MR) is 93.7 cm³/mol. The molecule has 0 aliphatic rings. The summed E-state index contributed by atoms with van der Waals surface area (Å²) in [6.45, 7) is 0. The van der Waals surface area contributed by atoms with E-state index in [2.05, 4.69) is 25.9 Å². The highest BCUT2D eigenvalue weighted by atomic mass is 19.4. The molecule has 28 heavy (non-hydrogen) atoms. The summed E-state index contributed by atoms with van der Waals surface area (Å²) in [4.78, 5) is 12.8. The van der Waals surface area contributed by atoms with Gasteiger partial charge in [0.1, 0.15) is 11.7 Å². The van der Waals surface area contributed by atoms with Crippen LogP contribution in [0.25, 0.3) is 0 Å². The second kappa shape index (κ2) is 8.07. The molecule has 3 aromatic rings. The Morgan fingerprint density at radius 3 is 2.68 bits per heavy atom. The predicted octanol–water partition coefficient (Wildman–Crippen LogP) is 3.19. The van der Waals surface area contributed by atoms with E-state index in [1.165, 1.54) is 19.2 Å². The van der Waals surface area contributed by atoms with E-state index in [9.17, 15) is 18.0 Å². The molecule has 0 bridgehead atoms. The van der Waals surface area contributed by atoms with Crippen LogP contribution < -0.4 is 10.1 Å². The third-order valence-corrected chi connectivity index (χ3v) is 4.02. The van der Waals surface area contributed by atoms with Crippen molar-refractivity contribution in [1.82, 2.24) is 20.6 Å². The van der Waals surface area contributed by atoms with Crippen molar-refractivity contribution >= 4 is 11.6 Å². The number of aromatic nitrogens is 4. The summed E-state index contributed by atoms with van der Waals surface area (Å²) in [7, 11) is 1.52. The highest BCUT2D eigenvalue weighted by Gasteiger charge is 2.31. The minimum atomic E-state index is -4.51. The van der Waals surface area contributed by atoms with Gasteiger partial charge in [-0.3, -0.25) is 4.79 Å². The third-order valence-electron chi connectivity index (χ3n) is 4.02. The zero-order chi connectivity index (χ0) is 20.1. The van der Waals surface area contributed by atoms with Crippen LogP contribution in [0, 0.1) is 0 Å². The molecular weight excluding hydrogens is 375 g/mol. The van der Waals surface area contributed by atoms with Crippen molar-refractivity contribution in [2.45, 2.75) is 18.5 Å². The van der Waals surface area contributed by atoms with Gasteiger partial charge in [0.05, 0.1) is 12.7 Å². The number of carbonyl (C=O) groups is 1. The van der Waals surface area contributed by atoms with Crippen molar-refractivity contribution in [2.75, 3.05) is 12.4 Å². The molecule has 1 heterocycles. The number of nitrogens with one attached hydrogen (secondary N) is 2. The normalized spacial score (nSPS) is 12.4. The number of nitrogens with zero attached hydrogens (tertiary/aromatic N) is 3. The van der Waals surface area contributed by atoms with Gasteiger partial charge in [-0.05, 0) is 42.3 Å². The Labute approximate surface area is 157 Å². The zero-order valence-electron chi connectivity index (χ0n) is 14.7. The number of hydrogen-bond donors (Lipinski definition) is 2. The maximum atomic E-state index is 12.9. The largest absolute Gasteiger partial charge is 0.497 e. The van der Waals surface area contributed by atoms with E-state index in [4.69, 9.17) is 4.74 Å². The number of benzene rings is 2. The lowest BCUT2D eigenvalue weighted by atomic mass is 9.97. The molecular formula is C18H16F3N5O2. The first kappa shape index (κ1) is 19.3. The average molecular weight is 391 g/mol. The lowest BCUT2D eigenvalue weighted by Gasteiger charge is -2.15. The fourth-order valence-corrected chi connectivity index (χ4v) is 2.66. The minimum absolute atomic E-state index is 0.0268. The van der Waals surface area contributed by atoms with Crippen LogP contribution in [-0.4, -0.2) is 33.6 Å². The zero-order valence-corrected chi connectivity index (χ0v) is 14.7. The molecule has 0 spiro atoms. The summed E-state index contributed by atoms with van der Waals surface area (Å²) in [6, 6.07) is 11.5. The topological polar surface area (TPSA) is 92.8 Å². The SMILES string of the molecule is COc1cccc(CC(C(=O)Nc2cccc(C(F)(F)F)c2)c2nn[nH]n2)c1. The second-order valence-electron chi connectivity index (χ2n) is 5.95. The summed E-state index contributed by atoms with van der Waals surface area (Å²) in [6.07, 6.45) is -4.30. The standard InChI is InChI=1S/C18H16F3N5O2/c1-28-14-7-2-4-11(8-14)9-15(16-23-25-26-24-16)17(27)22-13-6-3-5-12(10-13)18(19,20)21/h2-8,10,15H,9H2,1H3,(H,22,27)(H,23,24,25,26). The molecule has 3 rings (SSSR count). The smallest absolute Gasteiger partial charge is 0.416 e. The lowest BCUT2D eigenvalue weighted by Crippen LogP contribution is -2.24. The number of ether oxygens (including phenoxy) is 1. The number of tetrazole rings is 1. The first-order valence-corrected chi connectivity index (χ1v) is 8.21. The van der Waals surface area contributed by atoms with Crippen molar-refractivity contribution < 1.29 is 22.7 Å². The Bertz CT molecular complexity index is 944. The molecule has 146 valence electrons. The van der Waals surface area contributed by atoms with Gasteiger partial charge < -0.3 is 10.1 Å². The Hall–Kier alpha value is -3.43. The van der Waals surface area contributed by atoms with E-state index < -0.39 is 23.6 Å². The van der Waals surface area contributed by atoms with E-state index in [1.54, 1.807) is 24.3 Å². The van der Waals surface area contributed by atoms with Gasteiger partial charge in [0.25, 0.3) is 0 Å². The Morgan fingerprint density at radius 1 is 1.21 bits per heavy atom. The van der Waals surface area contributed by atoms with Crippen LogP contribution >= 0.6 is 0 Å². The monoisotopic (exact) mass is 391 g/mol. The Kier molecular flexibility index (Phi) is 5.57. The maximum absolute atomic E-state index is 12.9. The molecule has 1 aromatic heterocycles. The number of carbonyl (C=O) groups excluding carboxylic acids is 1. The second-order valence-corrected chi connectivity index (χ2v) is 5.95. The van der Waals surface area contributed by atoms with Gasteiger partial charge in [-0.1, -0.05) is 23.4 Å². The molecule has 10 heteroatoms. The third kappa shape index (κ3) is 4.64. The van der Waals surface area contributed by atoms with Crippen LogP contribution in [0.4, 0.5) is 18.9 Å². The summed E-state index contributed by atoms with van der Waals surface area (Å²) < 4.78 is 43.8. The van der Waals surface area contributed by atoms with Crippen LogP contribution in [0.15, 0.2) is 48.5 Å². The van der Waals surface area contributed by atoms with Gasteiger partial charge >= 0.3 is 6.18 Å². The van der Waals surface area contributed by atoms with Gasteiger partial charge in [-0.15, -0.1) is 10.2 Å². The van der Waals surface area contributed by atoms with Gasteiger partial charge in [0.2, 0.25) is 5.91 Å². The van der Waals surface area contributed by atoms with Gasteiger partial charge in [0.15, 0.2) is 5.82 Å². The quantitative estimate of drug-likeness (QED) is 0.673. The molecule has 0 aliphatic carbocycles. The number of amides is 1. The number of alkyl halides is 3. The summed E-state index contributed by atoms with van der Waals surface area (Å²) in [5, 5.41) is 16.0. The van der Waals surface area contributed by atoms with E-state index in [0.29, 0.717) is 5.75 Å². The van der Waals surface area contributed by atoms with Gasteiger partial charge in [-0.25, -0.2) is 0 Å². The van der Waals surface area contributed by atoms with Crippen LogP contribution in [0.2, 0.25) is 0 Å². The first-order chi connectivity index (χ1) is 13.4. The summed E-state index contributed by atoms with van der Waals surface area (Å²) in [5.41, 5.74) is -0.0542. The van der Waals surface area contributed by atoms with Crippen molar-refractivity contribution in [3.05, 3.63) is 65.5 Å². The number of H-pyrrole nitrogens is 1. The number of rotatable bonds is 6. The van der Waals surface area contributed by atoms with Crippen LogP contribution in [0.3, 0.4) is 0 Å². The van der Waals surface area contributed by atoms with Crippen LogP contribution in [0.5, 0.6) is 5.75 Å². The van der Waals surface area contributed by atoms with Crippen molar-refractivity contribution in [2.24, 2.45) is 0 Å². The number of anilines is 1. The highest BCUT2D eigenvalue weighted by molar-refractivity contribution is 5.95. The number of hydrogen-bond acceptors (Lipinski definition) is 5. The molecule has 2 aromatic carbocycles. The summed E-state index contributed by atoms with van der Waals surface area (Å²) >= 11 is 0. The van der Waals surface area contributed by atoms with Gasteiger partial charge in [-0.2, -0.15) is 18.4 Å². The van der Waals surface area contributed by atoms with E-state index in [-0.39, 0.29) is 17.9 Å². The Balaban J connectivity index is 1.84. The number of halogens is 3. The molecule has 0 aliphatic heterocycles. The van der Waals surface area contributed by atoms with Crippen molar-refractivity contribution in [3.63, 3.8) is 0 Å². The Morgan fingerprint density at radius 2 is 2.00 bits per heavy atom. The van der Waals surface area contributed by atoms with E-state index in [0.717, 1.165) is 17.7 Å². The van der Waals surface area contributed by atoms with Crippen LogP contribution in [-0.2, 0) is 17.4 Å². The first-order valence-electron chi connectivity index (χ1n) is 8.21. The molecule has 1 amide bonds. The highest BCUT2D eigenvalue weighted by Crippen LogP contribution is 2.31. The van der Waals surface area contributed by atoms with E-state index >= 15 is 0 Å². The minimum Gasteiger partial charge on any atom is -0.497 e. The molecule has 0 saturated carbocycles. The maximum Gasteiger partial charge on any atom is 0.416 e. The fraction of sp³-hybridized carbons (Fsp3) is 0.222. The average Bonchev–Trinajstić information content (AvgIpc) is 3.20. The van der Waals surface area contributed by atoms with Crippen molar-refractivity contribution in [3.8, 4) is 5.75 Å². The summed E-state index contributed by atoms with van der Waals surface area (Å²) in [5.74, 6) is -0.668. The van der Waals surface area contributed by atoms with Crippen LogP contribution in [0.1, 0.15) is 22.9 Å². The molecule has 0 radical (unpaired) electrons. The number of aromatic amines is 1. The van der Waals surface area contributed by atoms with E-state index in [1.807, 2.05) is 0 Å². The lowest BCUT2D eigenvalue weighted by molar-refractivity contribution is -0.137. The number of methoxy groups -OCH3 is 1. The van der Waals surface area contributed by atoms with Crippen molar-refractivity contribution in [1.29, 1.82) is 0 Å². The molecule has 0 fully saturated rings.